The minimum absolute atomic E-state index is 0.0172. The number of aromatic nitrogens is 1. The fraction of sp³-hybridized carbons (Fsp3) is 0.400. The Labute approximate surface area is 112 Å². The van der Waals surface area contributed by atoms with Gasteiger partial charge in [-0.05, 0) is 22.9 Å². The molecule has 0 saturated carbocycles. The Kier molecular flexibility index (Phi) is 5.02. The highest BCUT2D eigenvalue weighted by molar-refractivity contribution is 9.10. The van der Waals surface area contributed by atoms with E-state index >= 15 is 0 Å². The molecule has 0 unspecified atom stereocenters. The Morgan fingerprint density at radius 1 is 1.67 bits per heavy atom. The summed E-state index contributed by atoms with van der Waals surface area (Å²) in [5.74, 6) is -0.0477. The van der Waals surface area contributed by atoms with Crippen molar-refractivity contribution in [2.45, 2.75) is 6.92 Å². The van der Waals surface area contributed by atoms with Gasteiger partial charge in [0.05, 0.1) is 11.5 Å². The summed E-state index contributed by atoms with van der Waals surface area (Å²) in [6.07, 6.45) is 1.45. The number of amides is 1. The number of hydrogen-bond donors (Lipinski definition) is 1. The predicted molar refractivity (Wildman–Crippen MR) is 70.5 cm³/mol. The number of nitrogens with zero attached hydrogens (tertiary/aromatic N) is 3. The second kappa shape index (κ2) is 6.29. The van der Waals surface area contributed by atoms with Gasteiger partial charge in [0.2, 0.25) is 11.7 Å². The van der Waals surface area contributed by atoms with Crippen LogP contribution in [0.1, 0.15) is 6.92 Å². The molecule has 0 spiro atoms. The van der Waals surface area contributed by atoms with Crippen LogP contribution >= 0.6 is 15.9 Å². The lowest BCUT2D eigenvalue weighted by Gasteiger charge is -2.17. The summed E-state index contributed by atoms with van der Waals surface area (Å²) in [6.45, 7) is 2.34. The fourth-order valence-corrected chi connectivity index (χ4v) is 1.71. The van der Waals surface area contributed by atoms with Gasteiger partial charge in [-0.15, -0.1) is 0 Å². The number of carbonyl (C=O) groups is 1. The maximum absolute atomic E-state index is 11.4. The molecule has 0 aromatic carbocycles. The minimum Gasteiger partial charge on any atom is -0.355 e. The van der Waals surface area contributed by atoms with Crippen molar-refractivity contribution in [2.75, 3.05) is 25.0 Å². The van der Waals surface area contributed by atoms with E-state index in [2.05, 4.69) is 26.2 Å². The third-order valence-electron chi connectivity index (χ3n) is 2.13. The molecule has 0 bridgehead atoms. The Bertz CT molecular complexity index is 466. The van der Waals surface area contributed by atoms with Gasteiger partial charge in [0, 0.05) is 30.3 Å². The quantitative estimate of drug-likeness (QED) is 0.654. The first kappa shape index (κ1) is 14.4. The molecular weight excluding hydrogens is 304 g/mol. The maximum Gasteiger partial charge on any atom is 0.312 e. The zero-order chi connectivity index (χ0) is 13.7. The van der Waals surface area contributed by atoms with E-state index < -0.39 is 4.92 Å². The molecule has 0 fully saturated rings. The summed E-state index contributed by atoms with van der Waals surface area (Å²) >= 11 is 3.12. The summed E-state index contributed by atoms with van der Waals surface area (Å²) in [5, 5.41) is 13.5. The largest absolute Gasteiger partial charge is 0.355 e. The number of hydrogen-bond acceptors (Lipinski definition) is 5. The summed E-state index contributed by atoms with van der Waals surface area (Å²) in [4.78, 5) is 27.2. The molecule has 0 aliphatic carbocycles. The lowest BCUT2D eigenvalue weighted by atomic mass is 10.3. The van der Waals surface area contributed by atoms with Crippen LogP contribution in [0.2, 0.25) is 0 Å². The van der Waals surface area contributed by atoms with Gasteiger partial charge in [-0.1, -0.05) is 0 Å². The van der Waals surface area contributed by atoms with Crippen LogP contribution in [0.3, 0.4) is 0 Å². The zero-order valence-electron chi connectivity index (χ0n) is 10.0. The number of rotatable bonds is 5. The lowest BCUT2D eigenvalue weighted by molar-refractivity contribution is -0.384. The maximum atomic E-state index is 11.4. The van der Waals surface area contributed by atoms with Crippen molar-refractivity contribution in [2.24, 2.45) is 0 Å². The number of carbonyl (C=O) groups excluding carboxylic acids is 1. The van der Waals surface area contributed by atoms with Crippen molar-refractivity contribution in [3.05, 3.63) is 26.9 Å². The first-order valence-electron chi connectivity index (χ1n) is 5.23. The van der Waals surface area contributed by atoms with Crippen molar-refractivity contribution < 1.29 is 9.72 Å². The Morgan fingerprint density at radius 2 is 2.33 bits per heavy atom. The highest BCUT2D eigenvalue weighted by atomic mass is 79.9. The normalized spacial score (nSPS) is 9.94. The van der Waals surface area contributed by atoms with Crippen LogP contribution in [0.4, 0.5) is 11.5 Å². The van der Waals surface area contributed by atoms with Gasteiger partial charge in [-0.3, -0.25) is 14.9 Å². The third kappa shape index (κ3) is 3.66. The second-order valence-electron chi connectivity index (χ2n) is 3.56. The topological polar surface area (TPSA) is 88.4 Å². The Morgan fingerprint density at radius 3 is 2.89 bits per heavy atom. The highest BCUT2D eigenvalue weighted by Crippen LogP contribution is 2.27. The van der Waals surface area contributed by atoms with Gasteiger partial charge < -0.3 is 10.2 Å². The van der Waals surface area contributed by atoms with E-state index in [1.54, 1.807) is 14.0 Å². The standard InChI is InChI=1S/C10H13BrN4O3/c1-3-12-9(16)6-14(2)10-8(15(17)18)4-7(11)5-13-10/h4-5H,3,6H2,1-2H3,(H,12,16). The number of likely N-dealkylation sites (N-methyl/N-ethyl adjacent to an activating group) is 2. The van der Waals surface area contributed by atoms with Crippen LogP contribution < -0.4 is 10.2 Å². The molecular formula is C10H13BrN4O3. The molecule has 1 amide bonds. The average Bonchev–Trinajstić information content (AvgIpc) is 2.28. The van der Waals surface area contributed by atoms with Crippen LogP contribution in [0, 0.1) is 10.1 Å². The Hall–Kier alpha value is -1.70. The summed E-state index contributed by atoms with van der Waals surface area (Å²) in [5.41, 5.74) is -0.142. The van der Waals surface area contributed by atoms with E-state index in [4.69, 9.17) is 0 Å². The molecule has 18 heavy (non-hydrogen) atoms. The number of anilines is 1. The van der Waals surface area contributed by atoms with E-state index in [-0.39, 0.29) is 24.0 Å². The molecule has 1 aromatic rings. The lowest BCUT2D eigenvalue weighted by Crippen LogP contribution is -2.35. The van der Waals surface area contributed by atoms with Crippen molar-refractivity contribution >= 4 is 33.3 Å². The highest BCUT2D eigenvalue weighted by Gasteiger charge is 2.20. The van der Waals surface area contributed by atoms with Crippen LogP contribution in [0.15, 0.2) is 16.7 Å². The first-order valence-corrected chi connectivity index (χ1v) is 6.02. The van der Waals surface area contributed by atoms with Gasteiger partial charge in [-0.2, -0.15) is 0 Å². The molecule has 1 heterocycles. The first-order chi connectivity index (χ1) is 8.45. The van der Waals surface area contributed by atoms with Gasteiger partial charge in [0.25, 0.3) is 0 Å². The second-order valence-corrected chi connectivity index (χ2v) is 4.48. The summed E-state index contributed by atoms with van der Waals surface area (Å²) in [6, 6.07) is 1.36. The Balaban J connectivity index is 2.94. The summed E-state index contributed by atoms with van der Waals surface area (Å²) < 4.78 is 0.518. The molecule has 7 nitrogen and oxygen atoms in total. The monoisotopic (exact) mass is 316 g/mol. The zero-order valence-corrected chi connectivity index (χ0v) is 11.6. The number of halogens is 1. The molecule has 0 saturated heterocycles. The molecule has 1 rings (SSSR count). The van der Waals surface area contributed by atoms with E-state index in [9.17, 15) is 14.9 Å². The van der Waals surface area contributed by atoms with Crippen molar-refractivity contribution in [1.82, 2.24) is 10.3 Å². The van der Waals surface area contributed by atoms with Gasteiger partial charge >= 0.3 is 5.69 Å². The molecule has 0 aliphatic heterocycles. The van der Waals surface area contributed by atoms with Crippen molar-refractivity contribution in [1.29, 1.82) is 0 Å². The SMILES string of the molecule is CCNC(=O)CN(C)c1ncc(Br)cc1[N+](=O)[O-]. The van der Waals surface area contributed by atoms with Crippen LogP contribution in [0.25, 0.3) is 0 Å². The van der Waals surface area contributed by atoms with Gasteiger partial charge in [0.1, 0.15) is 0 Å². The smallest absolute Gasteiger partial charge is 0.312 e. The molecule has 1 aromatic heterocycles. The third-order valence-corrected chi connectivity index (χ3v) is 2.56. The molecule has 1 N–H and O–H groups in total. The van der Waals surface area contributed by atoms with Gasteiger partial charge in [0.15, 0.2) is 0 Å². The average molecular weight is 317 g/mol. The minimum atomic E-state index is -0.526. The fourth-order valence-electron chi connectivity index (χ4n) is 1.39. The molecule has 98 valence electrons. The predicted octanol–water partition coefficient (Wildman–Crippen LogP) is 1.32. The molecule has 0 atom stereocenters. The van der Waals surface area contributed by atoms with Crippen molar-refractivity contribution in [3.63, 3.8) is 0 Å². The van der Waals surface area contributed by atoms with E-state index in [1.807, 2.05) is 0 Å². The van der Waals surface area contributed by atoms with E-state index in [0.29, 0.717) is 11.0 Å². The van der Waals surface area contributed by atoms with Crippen LogP contribution in [-0.2, 0) is 4.79 Å². The van der Waals surface area contributed by atoms with Crippen LogP contribution in [-0.4, -0.2) is 36.0 Å². The van der Waals surface area contributed by atoms with E-state index in [0.717, 1.165) is 0 Å². The summed E-state index contributed by atoms with van der Waals surface area (Å²) in [7, 11) is 1.58. The van der Waals surface area contributed by atoms with Gasteiger partial charge in [-0.25, -0.2) is 4.98 Å². The number of pyridine rings is 1. The molecule has 0 radical (unpaired) electrons. The van der Waals surface area contributed by atoms with Crippen LogP contribution in [0.5, 0.6) is 0 Å². The molecule has 0 aliphatic rings. The number of nitro groups is 1. The van der Waals surface area contributed by atoms with Crippen molar-refractivity contribution in [3.8, 4) is 0 Å². The van der Waals surface area contributed by atoms with E-state index in [1.165, 1.54) is 17.2 Å². The molecule has 8 heteroatoms. The number of nitrogens with one attached hydrogen (secondary N) is 1.